The van der Waals surface area contributed by atoms with Gasteiger partial charge in [0.05, 0.1) is 0 Å². The summed E-state index contributed by atoms with van der Waals surface area (Å²) in [5.41, 5.74) is 11.4. The highest BCUT2D eigenvalue weighted by Gasteiger charge is 2.13. The molecule has 0 atom stereocenters. The molecule has 13 heavy (non-hydrogen) atoms. The predicted octanol–water partition coefficient (Wildman–Crippen LogP) is 2.36. The second-order valence-electron chi connectivity index (χ2n) is 3.61. The predicted molar refractivity (Wildman–Crippen MR) is 58.3 cm³/mol. The Kier molecular flexibility index (Phi) is 3.34. The van der Waals surface area contributed by atoms with E-state index in [9.17, 15) is 0 Å². The summed E-state index contributed by atoms with van der Waals surface area (Å²) in [7, 11) is 0. The molecule has 0 fully saturated rings. The molecule has 0 heterocycles. The molecule has 0 saturated heterocycles. The number of fused-ring (bicyclic) bond motifs is 1. The Morgan fingerprint density at radius 1 is 1.31 bits per heavy atom. The first kappa shape index (κ1) is 10.6. The van der Waals surface area contributed by atoms with Crippen LogP contribution in [-0.2, 0) is 19.4 Å². The van der Waals surface area contributed by atoms with Gasteiger partial charge in [-0.3, -0.25) is 0 Å². The molecule has 0 spiro atoms. The van der Waals surface area contributed by atoms with Crippen LogP contribution in [0.25, 0.3) is 0 Å². The van der Waals surface area contributed by atoms with Crippen molar-refractivity contribution in [2.75, 3.05) is 0 Å². The van der Waals surface area contributed by atoms with E-state index in [1.54, 1.807) is 5.56 Å². The van der Waals surface area contributed by atoms with E-state index in [1.807, 2.05) is 0 Å². The summed E-state index contributed by atoms with van der Waals surface area (Å²) in [4.78, 5) is 0. The molecule has 0 saturated carbocycles. The summed E-state index contributed by atoms with van der Waals surface area (Å²) in [6.45, 7) is 2.87. The zero-order valence-electron chi connectivity index (χ0n) is 7.97. The summed E-state index contributed by atoms with van der Waals surface area (Å²) in [6.07, 6.45) is 3.85. The average molecular weight is 198 g/mol. The number of aryl methyl sites for hydroxylation is 2. The Bertz CT molecular complexity index is 307. The van der Waals surface area contributed by atoms with Crippen molar-refractivity contribution in [3.63, 3.8) is 0 Å². The molecule has 0 amide bonds. The van der Waals surface area contributed by atoms with Crippen LogP contribution in [0.1, 0.15) is 28.7 Å². The highest BCUT2D eigenvalue weighted by atomic mass is 35.5. The standard InChI is InChI=1S/C11H15N.ClH/c1-8-5-9(7-12)6-10-3-2-4-11(8)10;/h5-6H,2-4,7,12H2,1H3;1H. The van der Waals surface area contributed by atoms with Crippen molar-refractivity contribution in [3.05, 3.63) is 34.4 Å². The molecule has 1 aromatic rings. The molecule has 72 valence electrons. The first-order valence-electron chi connectivity index (χ1n) is 4.62. The Hall–Kier alpha value is -0.530. The third-order valence-electron chi connectivity index (χ3n) is 2.73. The molecule has 0 aromatic heterocycles. The minimum Gasteiger partial charge on any atom is -0.326 e. The number of hydrogen-bond acceptors (Lipinski definition) is 1. The van der Waals surface area contributed by atoms with Gasteiger partial charge >= 0.3 is 0 Å². The zero-order chi connectivity index (χ0) is 8.55. The molecule has 0 unspecified atom stereocenters. The van der Waals surface area contributed by atoms with E-state index in [0.29, 0.717) is 6.54 Å². The van der Waals surface area contributed by atoms with Crippen LogP contribution in [-0.4, -0.2) is 0 Å². The van der Waals surface area contributed by atoms with E-state index in [4.69, 9.17) is 5.73 Å². The number of halogens is 1. The van der Waals surface area contributed by atoms with E-state index in [1.165, 1.54) is 36.0 Å². The first-order chi connectivity index (χ1) is 5.81. The van der Waals surface area contributed by atoms with Gasteiger partial charge in [0.25, 0.3) is 0 Å². The van der Waals surface area contributed by atoms with Crippen molar-refractivity contribution in [2.45, 2.75) is 32.7 Å². The lowest BCUT2D eigenvalue weighted by molar-refractivity contribution is 0.909. The summed E-state index contributed by atoms with van der Waals surface area (Å²) >= 11 is 0. The molecule has 1 aromatic carbocycles. The second-order valence-corrected chi connectivity index (χ2v) is 3.61. The molecule has 0 bridgehead atoms. The lowest BCUT2D eigenvalue weighted by Crippen LogP contribution is -1.99. The van der Waals surface area contributed by atoms with Crippen LogP contribution in [0.15, 0.2) is 12.1 Å². The van der Waals surface area contributed by atoms with Crippen LogP contribution >= 0.6 is 12.4 Å². The zero-order valence-corrected chi connectivity index (χ0v) is 8.79. The van der Waals surface area contributed by atoms with Gasteiger partial charge in [0, 0.05) is 6.54 Å². The van der Waals surface area contributed by atoms with Crippen LogP contribution < -0.4 is 5.73 Å². The molecular formula is C11H16ClN. The first-order valence-corrected chi connectivity index (χ1v) is 4.62. The Morgan fingerprint density at radius 3 is 2.77 bits per heavy atom. The Morgan fingerprint density at radius 2 is 2.08 bits per heavy atom. The second kappa shape index (κ2) is 4.12. The highest BCUT2D eigenvalue weighted by molar-refractivity contribution is 5.85. The van der Waals surface area contributed by atoms with Gasteiger partial charge in [-0.05, 0) is 48.4 Å². The number of benzene rings is 1. The Balaban J connectivity index is 0.000000845. The van der Waals surface area contributed by atoms with Crippen molar-refractivity contribution in [1.82, 2.24) is 0 Å². The van der Waals surface area contributed by atoms with Gasteiger partial charge in [-0.15, -0.1) is 12.4 Å². The van der Waals surface area contributed by atoms with Gasteiger partial charge in [-0.25, -0.2) is 0 Å². The minimum absolute atomic E-state index is 0. The Labute approximate surface area is 85.7 Å². The van der Waals surface area contributed by atoms with Crippen molar-refractivity contribution < 1.29 is 0 Å². The SMILES string of the molecule is Cc1cc(CN)cc2c1CCC2.Cl. The lowest BCUT2D eigenvalue weighted by atomic mass is 10.0. The monoisotopic (exact) mass is 197 g/mol. The molecule has 1 aliphatic rings. The van der Waals surface area contributed by atoms with Gasteiger partial charge in [0.15, 0.2) is 0 Å². The smallest absolute Gasteiger partial charge is 0.0178 e. The molecular weight excluding hydrogens is 182 g/mol. The van der Waals surface area contributed by atoms with Gasteiger partial charge in [-0.1, -0.05) is 12.1 Å². The normalized spacial score (nSPS) is 13.7. The van der Waals surface area contributed by atoms with Crippen molar-refractivity contribution >= 4 is 12.4 Å². The lowest BCUT2D eigenvalue weighted by Gasteiger charge is -2.06. The van der Waals surface area contributed by atoms with Crippen LogP contribution in [0.2, 0.25) is 0 Å². The van der Waals surface area contributed by atoms with Gasteiger partial charge < -0.3 is 5.73 Å². The molecule has 2 N–H and O–H groups in total. The van der Waals surface area contributed by atoms with Crippen molar-refractivity contribution in [3.8, 4) is 0 Å². The van der Waals surface area contributed by atoms with Gasteiger partial charge in [0.2, 0.25) is 0 Å². The van der Waals surface area contributed by atoms with Crippen LogP contribution in [0, 0.1) is 6.92 Å². The molecule has 1 aliphatic carbocycles. The molecule has 0 radical (unpaired) electrons. The summed E-state index contributed by atoms with van der Waals surface area (Å²) in [5, 5.41) is 0. The maximum absolute atomic E-state index is 5.61. The molecule has 1 nitrogen and oxygen atoms in total. The summed E-state index contributed by atoms with van der Waals surface area (Å²) < 4.78 is 0. The topological polar surface area (TPSA) is 26.0 Å². The van der Waals surface area contributed by atoms with Gasteiger partial charge in [0.1, 0.15) is 0 Å². The van der Waals surface area contributed by atoms with Crippen molar-refractivity contribution in [1.29, 1.82) is 0 Å². The van der Waals surface area contributed by atoms with E-state index in [0.717, 1.165) is 0 Å². The number of rotatable bonds is 1. The molecule has 2 heteroatoms. The van der Waals surface area contributed by atoms with Crippen LogP contribution in [0.5, 0.6) is 0 Å². The van der Waals surface area contributed by atoms with Crippen LogP contribution in [0.3, 0.4) is 0 Å². The maximum atomic E-state index is 5.61. The highest BCUT2D eigenvalue weighted by Crippen LogP contribution is 2.26. The number of nitrogens with two attached hydrogens (primary N) is 1. The average Bonchev–Trinajstić information content (AvgIpc) is 2.52. The summed E-state index contributed by atoms with van der Waals surface area (Å²) in [5.74, 6) is 0. The van der Waals surface area contributed by atoms with E-state index in [2.05, 4.69) is 19.1 Å². The van der Waals surface area contributed by atoms with E-state index in [-0.39, 0.29) is 12.4 Å². The third-order valence-corrected chi connectivity index (χ3v) is 2.73. The summed E-state index contributed by atoms with van der Waals surface area (Å²) in [6, 6.07) is 4.50. The van der Waals surface area contributed by atoms with Crippen LogP contribution in [0.4, 0.5) is 0 Å². The van der Waals surface area contributed by atoms with E-state index >= 15 is 0 Å². The van der Waals surface area contributed by atoms with E-state index < -0.39 is 0 Å². The molecule has 0 aliphatic heterocycles. The van der Waals surface area contributed by atoms with Gasteiger partial charge in [-0.2, -0.15) is 0 Å². The minimum atomic E-state index is 0. The van der Waals surface area contributed by atoms with Crippen molar-refractivity contribution in [2.24, 2.45) is 5.73 Å². The maximum Gasteiger partial charge on any atom is 0.0178 e. The fourth-order valence-electron chi connectivity index (χ4n) is 2.13. The largest absolute Gasteiger partial charge is 0.326 e. The quantitative estimate of drug-likeness (QED) is 0.735. The third kappa shape index (κ3) is 1.87. The fraction of sp³-hybridized carbons (Fsp3) is 0.455. The molecule has 2 rings (SSSR count). The number of hydrogen-bond donors (Lipinski definition) is 1. The fourth-order valence-corrected chi connectivity index (χ4v) is 2.13.